The van der Waals surface area contributed by atoms with E-state index in [4.69, 9.17) is 16.3 Å². The molecule has 0 spiro atoms. The van der Waals surface area contributed by atoms with Crippen molar-refractivity contribution in [2.45, 2.75) is 0 Å². The molecule has 0 aliphatic heterocycles. The van der Waals surface area contributed by atoms with Gasteiger partial charge in [-0.05, 0) is 24.3 Å². The van der Waals surface area contributed by atoms with Gasteiger partial charge in [-0.1, -0.05) is 11.6 Å². The van der Waals surface area contributed by atoms with Gasteiger partial charge in [0.2, 0.25) is 5.88 Å². The Morgan fingerprint density at radius 2 is 2.19 bits per heavy atom. The van der Waals surface area contributed by atoms with Crippen molar-refractivity contribution < 1.29 is 9.53 Å². The summed E-state index contributed by atoms with van der Waals surface area (Å²) >= 11 is 7.20. The molecule has 0 bridgehead atoms. The van der Waals surface area contributed by atoms with Gasteiger partial charge in [-0.3, -0.25) is 4.79 Å². The molecule has 3 aromatic rings. The molecule has 0 saturated carbocycles. The minimum absolute atomic E-state index is 0.213. The largest absolute Gasteiger partial charge is 0.481 e. The Balaban J connectivity index is 1.85. The van der Waals surface area contributed by atoms with Crippen molar-refractivity contribution in [2.75, 3.05) is 12.4 Å². The maximum Gasteiger partial charge on any atom is 0.255 e. The molecule has 5 nitrogen and oxygen atoms in total. The number of nitrogens with one attached hydrogen (secondary N) is 1. The second-order valence-corrected chi connectivity index (χ2v) is 5.80. The Morgan fingerprint density at radius 3 is 3.00 bits per heavy atom. The third-order valence-corrected chi connectivity index (χ3v) is 3.95. The average Bonchev–Trinajstić information content (AvgIpc) is 2.86. The maximum atomic E-state index is 12.2. The van der Waals surface area contributed by atoms with Gasteiger partial charge in [-0.2, -0.15) is 0 Å². The van der Waals surface area contributed by atoms with Gasteiger partial charge >= 0.3 is 0 Å². The molecule has 3 rings (SSSR count). The van der Waals surface area contributed by atoms with E-state index in [0.717, 1.165) is 10.2 Å². The van der Waals surface area contributed by atoms with Crippen LogP contribution < -0.4 is 10.1 Å². The number of carbonyl (C=O) groups excluding carboxylic acids is 1. The molecule has 2 aromatic heterocycles. The molecule has 7 heteroatoms. The van der Waals surface area contributed by atoms with Crippen LogP contribution in [0.2, 0.25) is 4.47 Å². The fraction of sp³-hybridized carbons (Fsp3) is 0.0714. The minimum atomic E-state index is -0.213. The molecular weight excluding hydrogens is 310 g/mol. The van der Waals surface area contributed by atoms with Crippen LogP contribution in [-0.4, -0.2) is 23.0 Å². The third kappa shape index (κ3) is 2.96. The van der Waals surface area contributed by atoms with E-state index in [9.17, 15) is 4.79 Å². The quantitative estimate of drug-likeness (QED) is 0.801. The SMILES string of the molecule is COc1cc(NC(=O)c2ccc3nc(Cl)sc3c2)ccn1. The van der Waals surface area contributed by atoms with Crippen LogP contribution in [0.25, 0.3) is 10.2 Å². The number of benzene rings is 1. The number of methoxy groups -OCH3 is 1. The Hall–Kier alpha value is -2.18. The van der Waals surface area contributed by atoms with Crippen molar-refractivity contribution in [3.8, 4) is 5.88 Å². The highest BCUT2D eigenvalue weighted by Crippen LogP contribution is 2.26. The number of halogens is 1. The zero-order valence-corrected chi connectivity index (χ0v) is 12.5. The molecule has 106 valence electrons. The van der Waals surface area contributed by atoms with Crippen LogP contribution in [0, 0.1) is 0 Å². The molecule has 0 atom stereocenters. The highest BCUT2D eigenvalue weighted by atomic mass is 35.5. The van der Waals surface area contributed by atoms with Crippen LogP contribution in [-0.2, 0) is 0 Å². The number of aromatic nitrogens is 2. The fourth-order valence-electron chi connectivity index (χ4n) is 1.84. The number of ether oxygens (including phenoxy) is 1. The molecular formula is C14H10ClN3O2S. The lowest BCUT2D eigenvalue weighted by molar-refractivity contribution is 0.102. The van der Waals surface area contributed by atoms with Crippen LogP contribution in [0.1, 0.15) is 10.4 Å². The summed E-state index contributed by atoms with van der Waals surface area (Å²) in [6.07, 6.45) is 1.57. The van der Waals surface area contributed by atoms with Gasteiger partial charge in [0.05, 0.1) is 17.3 Å². The number of hydrogen-bond acceptors (Lipinski definition) is 5. The van der Waals surface area contributed by atoms with Crippen molar-refractivity contribution >= 4 is 44.7 Å². The van der Waals surface area contributed by atoms with Crippen LogP contribution in [0.5, 0.6) is 5.88 Å². The van der Waals surface area contributed by atoms with Crippen LogP contribution >= 0.6 is 22.9 Å². The number of hydrogen-bond donors (Lipinski definition) is 1. The summed E-state index contributed by atoms with van der Waals surface area (Å²) in [7, 11) is 1.52. The van der Waals surface area contributed by atoms with Gasteiger partial charge in [0, 0.05) is 23.5 Å². The number of anilines is 1. The standard InChI is InChI=1S/C14H10ClN3O2S/c1-20-12-7-9(4-5-16-12)17-13(19)8-2-3-10-11(6-8)21-14(15)18-10/h2-7H,1H3,(H,16,17,19). The molecule has 21 heavy (non-hydrogen) atoms. The summed E-state index contributed by atoms with van der Waals surface area (Å²) in [6, 6.07) is 8.61. The Kier molecular flexibility index (Phi) is 3.72. The lowest BCUT2D eigenvalue weighted by Gasteiger charge is -2.06. The van der Waals surface area contributed by atoms with Crippen molar-refractivity contribution in [2.24, 2.45) is 0 Å². The molecule has 0 unspecified atom stereocenters. The van der Waals surface area contributed by atoms with Crippen LogP contribution in [0.3, 0.4) is 0 Å². The summed E-state index contributed by atoms with van der Waals surface area (Å²) in [4.78, 5) is 20.4. The highest BCUT2D eigenvalue weighted by molar-refractivity contribution is 7.22. The molecule has 0 fully saturated rings. The van der Waals surface area contributed by atoms with Crippen LogP contribution in [0.4, 0.5) is 5.69 Å². The van der Waals surface area contributed by atoms with Crippen molar-refractivity contribution in [3.05, 3.63) is 46.6 Å². The number of rotatable bonds is 3. The molecule has 0 aliphatic carbocycles. The number of amides is 1. The number of thiazole rings is 1. The number of fused-ring (bicyclic) bond motifs is 1. The zero-order chi connectivity index (χ0) is 14.8. The summed E-state index contributed by atoms with van der Waals surface area (Å²) < 4.78 is 6.35. The zero-order valence-electron chi connectivity index (χ0n) is 11.0. The van der Waals surface area contributed by atoms with E-state index in [0.29, 0.717) is 21.6 Å². The Labute approximate surface area is 129 Å². The first-order chi connectivity index (χ1) is 10.2. The lowest BCUT2D eigenvalue weighted by Crippen LogP contribution is -2.11. The summed E-state index contributed by atoms with van der Waals surface area (Å²) in [5.41, 5.74) is 1.94. The van der Waals surface area contributed by atoms with Crippen molar-refractivity contribution in [1.29, 1.82) is 0 Å². The second kappa shape index (κ2) is 5.67. The molecule has 0 aliphatic rings. The normalized spacial score (nSPS) is 10.6. The van der Waals surface area contributed by atoms with Gasteiger partial charge in [-0.15, -0.1) is 11.3 Å². The first kappa shape index (κ1) is 13.8. The van der Waals surface area contributed by atoms with E-state index < -0.39 is 0 Å². The maximum absolute atomic E-state index is 12.2. The molecule has 2 heterocycles. The summed E-state index contributed by atoms with van der Waals surface area (Å²) in [5.74, 6) is 0.229. The van der Waals surface area contributed by atoms with Crippen molar-refractivity contribution in [3.63, 3.8) is 0 Å². The molecule has 1 amide bonds. The van der Waals surface area contributed by atoms with Gasteiger partial charge < -0.3 is 10.1 Å². The minimum Gasteiger partial charge on any atom is -0.481 e. The highest BCUT2D eigenvalue weighted by Gasteiger charge is 2.10. The smallest absolute Gasteiger partial charge is 0.255 e. The monoisotopic (exact) mass is 319 g/mol. The predicted octanol–water partition coefficient (Wildman–Crippen LogP) is 3.61. The first-order valence-corrected chi connectivity index (χ1v) is 7.22. The van der Waals surface area contributed by atoms with E-state index in [-0.39, 0.29) is 5.91 Å². The fourth-order valence-corrected chi connectivity index (χ4v) is 2.91. The Morgan fingerprint density at radius 1 is 1.33 bits per heavy atom. The van der Waals surface area contributed by atoms with Crippen molar-refractivity contribution in [1.82, 2.24) is 9.97 Å². The molecule has 0 radical (unpaired) electrons. The van der Waals surface area contributed by atoms with E-state index >= 15 is 0 Å². The van der Waals surface area contributed by atoms with Gasteiger partial charge in [0.25, 0.3) is 5.91 Å². The summed E-state index contributed by atoms with van der Waals surface area (Å²) in [6.45, 7) is 0. The van der Waals surface area contributed by atoms with Gasteiger partial charge in [-0.25, -0.2) is 9.97 Å². The van der Waals surface area contributed by atoms with E-state index in [1.165, 1.54) is 18.4 Å². The van der Waals surface area contributed by atoms with Gasteiger partial charge in [0.1, 0.15) is 0 Å². The molecule has 1 N–H and O–H groups in total. The summed E-state index contributed by atoms with van der Waals surface area (Å²) in [5, 5.41) is 2.80. The predicted molar refractivity (Wildman–Crippen MR) is 83.4 cm³/mol. The van der Waals surface area contributed by atoms with Crippen LogP contribution in [0.15, 0.2) is 36.5 Å². The van der Waals surface area contributed by atoms with E-state index in [1.54, 1.807) is 36.5 Å². The second-order valence-electron chi connectivity index (χ2n) is 4.19. The number of pyridine rings is 1. The Bertz CT molecular complexity index is 819. The molecule has 1 aromatic carbocycles. The average molecular weight is 320 g/mol. The topological polar surface area (TPSA) is 64.1 Å². The van der Waals surface area contributed by atoms with E-state index in [1.807, 2.05) is 0 Å². The number of nitrogens with zero attached hydrogens (tertiary/aromatic N) is 2. The third-order valence-electron chi connectivity index (χ3n) is 2.83. The lowest BCUT2D eigenvalue weighted by atomic mass is 10.2. The number of carbonyl (C=O) groups is 1. The van der Waals surface area contributed by atoms with E-state index in [2.05, 4.69) is 15.3 Å². The van der Waals surface area contributed by atoms with Gasteiger partial charge in [0.15, 0.2) is 4.47 Å². The molecule has 0 saturated heterocycles. The first-order valence-electron chi connectivity index (χ1n) is 6.03.